The van der Waals surface area contributed by atoms with Crippen molar-refractivity contribution >= 4 is 23.2 Å². The third kappa shape index (κ3) is 3.67. The number of carbonyl (C=O) groups is 2. The van der Waals surface area contributed by atoms with Crippen LogP contribution in [0.4, 0.5) is 0 Å². The highest BCUT2D eigenvalue weighted by Gasteiger charge is 2.22. The highest BCUT2D eigenvalue weighted by atomic mass is 32.1. The SMILES string of the molecule is CC(=O)N1CCCN(C(=O)Cc2nc(-c3cccs3)oc2C)CC1. The molecule has 2 aromatic heterocycles. The van der Waals surface area contributed by atoms with Crippen molar-refractivity contribution in [2.24, 2.45) is 0 Å². The van der Waals surface area contributed by atoms with E-state index in [1.54, 1.807) is 23.2 Å². The molecule has 7 heteroatoms. The van der Waals surface area contributed by atoms with E-state index in [9.17, 15) is 9.59 Å². The van der Waals surface area contributed by atoms with Crippen molar-refractivity contribution in [2.75, 3.05) is 26.2 Å². The molecule has 1 aliphatic rings. The van der Waals surface area contributed by atoms with Crippen molar-refractivity contribution in [3.05, 3.63) is 29.0 Å². The van der Waals surface area contributed by atoms with Crippen LogP contribution in [0.15, 0.2) is 21.9 Å². The number of hydrogen-bond donors (Lipinski definition) is 0. The molecule has 0 atom stereocenters. The number of rotatable bonds is 3. The molecular formula is C17H21N3O3S. The van der Waals surface area contributed by atoms with Crippen LogP contribution in [0.3, 0.4) is 0 Å². The summed E-state index contributed by atoms with van der Waals surface area (Å²) in [4.78, 5) is 33.1. The van der Waals surface area contributed by atoms with Gasteiger partial charge in [0, 0.05) is 33.1 Å². The summed E-state index contributed by atoms with van der Waals surface area (Å²) < 4.78 is 5.70. The minimum Gasteiger partial charge on any atom is -0.440 e. The predicted molar refractivity (Wildman–Crippen MR) is 91.7 cm³/mol. The van der Waals surface area contributed by atoms with E-state index in [-0.39, 0.29) is 18.2 Å². The third-order valence-corrected chi connectivity index (χ3v) is 5.10. The first kappa shape index (κ1) is 16.7. The van der Waals surface area contributed by atoms with Crippen molar-refractivity contribution in [2.45, 2.75) is 26.7 Å². The van der Waals surface area contributed by atoms with Crippen LogP contribution in [-0.4, -0.2) is 52.8 Å². The molecule has 128 valence electrons. The molecule has 24 heavy (non-hydrogen) atoms. The summed E-state index contributed by atoms with van der Waals surface area (Å²) in [7, 11) is 0. The molecule has 0 radical (unpaired) electrons. The Balaban J connectivity index is 1.65. The molecule has 3 rings (SSSR count). The highest BCUT2D eigenvalue weighted by Crippen LogP contribution is 2.26. The lowest BCUT2D eigenvalue weighted by atomic mass is 10.2. The Bertz CT molecular complexity index is 724. The van der Waals surface area contributed by atoms with Crippen molar-refractivity contribution in [3.8, 4) is 10.8 Å². The van der Waals surface area contributed by atoms with Crippen LogP contribution in [0, 0.1) is 6.92 Å². The van der Waals surface area contributed by atoms with E-state index in [1.807, 2.05) is 29.3 Å². The summed E-state index contributed by atoms with van der Waals surface area (Å²) in [6.45, 7) is 5.98. The zero-order valence-corrected chi connectivity index (χ0v) is 14.8. The molecule has 0 N–H and O–H groups in total. The van der Waals surface area contributed by atoms with Gasteiger partial charge < -0.3 is 14.2 Å². The van der Waals surface area contributed by atoms with Gasteiger partial charge in [-0.2, -0.15) is 0 Å². The Kier molecular flexibility index (Phi) is 4.99. The van der Waals surface area contributed by atoms with Gasteiger partial charge in [0.05, 0.1) is 17.0 Å². The summed E-state index contributed by atoms with van der Waals surface area (Å²) >= 11 is 1.56. The molecule has 6 nitrogen and oxygen atoms in total. The van der Waals surface area contributed by atoms with Gasteiger partial charge in [-0.05, 0) is 24.8 Å². The number of nitrogens with zero attached hydrogens (tertiary/aromatic N) is 3. The lowest BCUT2D eigenvalue weighted by Gasteiger charge is -2.21. The number of oxazole rings is 1. The largest absolute Gasteiger partial charge is 0.440 e. The fourth-order valence-electron chi connectivity index (χ4n) is 2.83. The van der Waals surface area contributed by atoms with Gasteiger partial charge >= 0.3 is 0 Å². The highest BCUT2D eigenvalue weighted by molar-refractivity contribution is 7.13. The molecular weight excluding hydrogens is 326 g/mol. The first-order valence-electron chi connectivity index (χ1n) is 8.08. The van der Waals surface area contributed by atoms with Crippen molar-refractivity contribution in [1.82, 2.24) is 14.8 Å². The topological polar surface area (TPSA) is 66.7 Å². The Morgan fingerprint density at radius 2 is 2.00 bits per heavy atom. The number of aromatic nitrogens is 1. The first-order valence-corrected chi connectivity index (χ1v) is 8.96. The molecule has 0 aliphatic carbocycles. The van der Waals surface area contributed by atoms with E-state index in [0.717, 1.165) is 11.3 Å². The van der Waals surface area contributed by atoms with Crippen LogP contribution in [0.25, 0.3) is 10.8 Å². The minimum absolute atomic E-state index is 0.0366. The minimum atomic E-state index is 0.0366. The summed E-state index contributed by atoms with van der Waals surface area (Å²) in [5, 5.41) is 1.97. The Morgan fingerprint density at radius 1 is 1.25 bits per heavy atom. The molecule has 3 heterocycles. The number of amides is 2. The van der Waals surface area contributed by atoms with Gasteiger partial charge in [0.2, 0.25) is 17.7 Å². The van der Waals surface area contributed by atoms with Gasteiger partial charge in [-0.25, -0.2) is 4.98 Å². The lowest BCUT2D eigenvalue weighted by Crippen LogP contribution is -2.37. The van der Waals surface area contributed by atoms with E-state index >= 15 is 0 Å². The molecule has 0 aromatic carbocycles. The fourth-order valence-corrected chi connectivity index (χ4v) is 3.48. The average molecular weight is 347 g/mol. The predicted octanol–water partition coefficient (Wildman–Crippen LogP) is 2.33. The molecule has 0 saturated carbocycles. The van der Waals surface area contributed by atoms with E-state index in [4.69, 9.17) is 4.42 Å². The third-order valence-electron chi connectivity index (χ3n) is 4.24. The number of hydrogen-bond acceptors (Lipinski definition) is 5. The van der Waals surface area contributed by atoms with Crippen LogP contribution in [0.2, 0.25) is 0 Å². The molecule has 0 spiro atoms. The van der Waals surface area contributed by atoms with Crippen LogP contribution >= 0.6 is 11.3 Å². The van der Waals surface area contributed by atoms with Crippen LogP contribution in [-0.2, 0) is 16.0 Å². The second-order valence-corrected chi connectivity index (χ2v) is 6.86. The fraction of sp³-hybridized carbons (Fsp3) is 0.471. The van der Waals surface area contributed by atoms with Gasteiger partial charge in [-0.3, -0.25) is 9.59 Å². The zero-order valence-electron chi connectivity index (χ0n) is 13.9. The number of thiophene rings is 1. The summed E-state index contributed by atoms with van der Waals surface area (Å²) in [5.74, 6) is 1.36. The molecule has 1 fully saturated rings. The lowest BCUT2D eigenvalue weighted by molar-refractivity contribution is -0.132. The molecule has 1 aliphatic heterocycles. The van der Waals surface area contributed by atoms with E-state index in [1.165, 1.54) is 0 Å². The maximum atomic E-state index is 12.6. The molecule has 2 amide bonds. The van der Waals surface area contributed by atoms with Crippen molar-refractivity contribution in [1.29, 1.82) is 0 Å². The first-order chi connectivity index (χ1) is 11.5. The van der Waals surface area contributed by atoms with Gasteiger partial charge in [0.25, 0.3) is 0 Å². The Morgan fingerprint density at radius 3 is 2.71 bits per heavy atom. The zero-order chi connectivity index (χ0) is 17.1. The summed E-state index contributed by atoms with van der Waals surface area (Å²) in [6.07, 6.45) is 1.05. The summed E-state index contributed by atoms with van der Waals surface area (Å²) in [6, 6.07) is 3.90. The second kappa shape index (κ2) is 7.17. The summed E-state index contributed by atoms with van der Waals surface area (Å²) in [5.41, 5.74) is 0.691. The number of carbonyl (C=O) groups excluding carboxylic acids is 2. The van der Waals surface area contributed by atoms with E-state index in [2.05, 4.69) is 4.98 Å². The monoisotopic (exact) mass is 347 g/mol. The standard InChI is InChI=1S/C17H21N3O3S/c1-12-14(18-17(23-12)15-5-3-10-24-15)11-16(22)20-7-4-6-19(8-9-20)13(2)21/h3,5,10H,4,6-9,11H2,1-2H3. The quantitative estimate of drug-likeness (QED) is 0.855. The van der Waals surface area contributed by atoms with Gasteiger partial charge in [-0.15, -0.1) is 11.3 Å². The van der Waals surface area contributed by atoms with Crippen LogP contribution in [0.5, 0.6) is 0 Å². The Labute approximate surface area is 145 Å². The van der Waals surface area contributed by atoms with Crippen LogP contribution in [0.1, 0.15) is 24.8 Å². The molecule has 0 unspecified atom stereocenters. The van der Waals surface area contributed by atoms with Crippen molar-refractivity contribution < 1.29 is 14.0 Å². The molecule has 2 aromatic rings. The van der Waals surface area contributed by atoms with Gasteiger partial charge in [-0.1, -0.05) is 6.07 Å². The van der Waals surface area contributed by atoms with Crippen molar-refractivity contribution in [3.63, 3.8) is 0 Å². The number of aryl methyl sites for hydroxylation is 1. The smallest absolute Gasteiger partial charge is 0.236 e. The van der Waals surface area contributed by atoms with E-state index < -0.39 is 0 Å². The maximum absolute atomic E-state index is 12.6. The normalized spacial score (nSPS) is 15.4. The Hall–Kier alpha value is -2.15. The molecule has 1 saturated heterocycles. The maximum Gasteiger partial charge on any atom is 0.236 e. The molecule has 0 bridgehead atoms. The van der Waals surface area contributed by atoms with E-state index in [0.29, 0.717) is 43.5 Å². The average Bonchev–Trinajstić information content (AvgIpc) is 3.11. The van der Waals surface area contributed by atoms with Crippen LogP contribution < -0.4 is 0 Å². The van der Waals surface area contributed by atoms with Gasteiger partial charge in [0.1, 0.15) is 5.76 Å². The second-order valence-electron chi connectivity index (χ2n) is 5.92. The van der Waals surface area contributed by atoms with Gasteiger partial charge in [0.15, 0.2) is 0 Å².